The summed E-state index contributed by atoms with van der Waals surface area (Å²) in [6.45, 7) is 7.90. The first kappa shape index (κ1) is 26.2. The van der Waals surface area contributed by atoms with Gasteiger partial charge in [0.05, 0.1) is 28.4 Å². The summed E-state index contributed by atoms with van der Waals surface area (Å²) in [6, 6.07) is 5.81. The third-order valence-electron chi connectivity index (χ3n) is 6.22. The van der Waals surface area contributed by atoms with Crippen molar-refractivity contribution in [2.24, 2.45) is 0 Å². The number of fused-ring (bicyclic) bond motifs is 1. The molecule has 1 amide bonds. The number of aryl methyl sites for hydroxylation is 1. The highest BCUT2D eigenvalue weighted by molar-refractivity contribution is 7.19. The standard InChI is InChI=1S/C26H30F3N3O3S/c1-6-15-9-16(26(27,28)29)10-20(19-7-8-30-21-11-18(14-33)36-23(19)21)22(15)31(5)17-12-32(13-17)24(34)35-25(2,3)4/h7-11,17,33H,6,12-14H2,1-5H3. The van der Waals surface area contributed by atoms with Gasteiger partial charge in [-0.2, -0.15) is 13.2 Å². The molecular weight excluding hydrogens is 491 g/mol. The maximum Gasteiger partial charge on any atom is 0.416 e. The Balaban J connectivity index is 1.78. The Kier molecular flexibility index (Phi) is 6.96. The molecule has 1 N–H and O–H groups in total. The molecule has 0 bridgehead atoms. The monoisotopic (exact) mass is 521 g/mol. The van der Waals surface area contributed by atoms with Crippen LogP contribution in [0.4, 0.5) is 23.7 Å². The number of carbonyl (C=O) groups is 1. The maximum absolute atomic E-state index is 13.9. The van der Waals surface area contributed by atoms with Crippen LogP contribution in [0.25, 0.3) is 21.3 Å². The normalized spacial score (nSPS) is 14.8. The first-order valence-electron chi connectivity index (χ1n) is 11.8. The van der Waals surface area contributed by atoms with Crippen molar-refractivity contribution < 1.29 is 27.8 Å². The number of aliphatic hydroxyl groups is 1. The second-order valence-corrected chi connectivity index (χ2v) is 11.1. The Morgan fingerprint density at radius 3 is 2.50 bits per heavy atom. The molecule has 0 saturated carbocycles. The van der Waals surface area contributed by atoms with E-state index in [0.717, 1.165) is 4.70 Å². The number of aromatic nitrogens is 1. The van der Waals surface area contributed by atoms with Crippen molar-refractivity contribution in [3.8, 4) is 11.1 Å². The Morgan fingerprint density at radius 2 is 1.92 bits per heavy atom. The number of carbonyl (C=O) groups excluding carboxylic acids is 1. The summed E-state index contributed by atoms with van der Waals surface area (Å²) in [7, 11) is 1.86. The van der Waals surface area contributed by atoms with Crippen LogP contribution in [0.1, 0.15) is 43.7 Å². The number of thiophene rings is 1. The highest BCUT2D eigenvalue weighted by Gasteiger charge is 2.38. The lowest BCUT2D eigenvalue weighted by molar-refractivity contribution is -0.137. The molecule has 0 spiro atoms. The third kappa shape index (κ3) is 5.15. The summed E-state index contributed by atoms with van der Waals surface area (Å²) in [5.74, 6) is 0. The van der Waals surface area contributed by atoms with Crippen molar-refractivity contribution >= 4 is 33.3 Å². The van der Waals surface area contributed by atoms with Crippen LogP contribution >= 0.6 is 11.3 Å². The van der Waals surface area contributed by atoms with Crippen LogP contribution in [0.15, 0.2) is 30.5 Å². The molecule has 0 unspecified atom stereocenters. The number of likely N-dealkylation sites (N-methyl/N-ethyl adjacent to an activating group) is 1. The lowest BCUT2D eigenvalue weighted by Gasteiger charge is -2.45. The second-order valence-electron chi connectivity index (χ2n) is 9.98. The molecule has 0 aliphatic carbocycles. The number of pyridine rings is 1. The zero-order valence-corrected chi connectivity index (χ0v) is 21.8. The van der Waals surface area contributed by atoms with E-state index in [0.29, 0.717) is 52.3 Å². The minimum Gasteiger partial charge on any atom is -0.444 e. The van der Waals surface area contributed by atoms with Gasteiger partial charge in [0.25, 0.3) is 0 Å². The van der Waals surface area contributed by atoms with Gasteiger partial charge in [0.2, 0.25) is 0 Å². The van der Waals surface area contributed by atoms with Gasteiger partial charge in [0, 0.05) is 48.0 Å². The summed E-state index contributed by atoms with van der Waals surface area (Å²) < 4.78 is 47.9. The summed E-state index contributed by atoms with van der Waals surface area (Å²) in [6.07, 6.45) is -2.92. The van der Waals surface area contributed by atoms with Crippen LogP contribution in [0.5, 0.6) is 0 Å². The molecule has 1 aliphatic rings. The van der Waals surface area contributed by atoms with Gasteiger partial charge in [-0.3, -0.25) is 4.98 Å². The highest BCUT2D eigenvalue weighted by atomic mass is 32.1. The fourth-order valence-electron chi connectivity index (χ4n) is 4.39. The van der Waals surface area contributed by atoms with E-state index < -0.39 is 23.4 Å². The molecule has 0 atom stereocenters. The number of hydrogen-bond acceptors (Lipinski definition) is 6. The maximum atomic E-state index is 13.9. The third-order valence-corrected chi connectivity index (χ3v) is 7.36. The topological polar surface area (TPSA) is 65.9 Å². The SMILES string of the molecule is CCc1cc(C(F)(F)F)cc(-c2ccnc3cc(CO)sc23)c1N(C)C1CN(C(=O)OC(C)(C)C)C1. The average Bonchev–Trinajstić information content (AvgIpc) is 3.18. The molecule has 3 heterocycles. The lowest BCUT2D eigenvalue weighted by atomic mass is 9.93. The molecule has 1 saturated heterocycles. The number of benzene rings is 1. The molecule has 4 rings (SSSR count). The molecule has 2 aromatic heterocycles. The number of ether oxygens (including phenoxy) is 1. The van der Waals surface area contributed by atoms with Gasteiger partial charge in [-0.25, -0.2) is 4.79 Å². The molecule has 6 nitrogen and oxygen atoms in total. The van der Waals surface area contributed by atoms with Crippen molar-refractivity contribution in [3.63, 3.8) is 0 Å². The smallest absolute Gasteiger partial charge is 0.416 e. The first-order valence-corrected chi connectivity index (χ1v) is 12.6. The van der Waals surface area contributed by atoms with E-state index in [4.69, 9.17) is 4.74 Å². The van der Waals surface area contributed by atoms with Crippen LogP contribution in [-0.2, 0) is 23.9 Å². The Bertz CT molecular complexity index is 1280. The van der Waals surface area contributed by atoms with E-state index in [1.807, 2.05) is 18.9 Å². The molecule has 36 heavy (non-hydrogen) atoms. The van der Waals surface area contributed by atoms with Gasteiger partial charge in [-0.15, -0.1) is 11.3 Å². The number of likely N-dealkylation sites (tertiary alicyclic amines) is 1. The van der Waals surface area contributed by atoms with E-state index in [1.165, 1.54) is 23.5 Å². The minimum absolute atomic E-state index is 0.0769. The van der Waals surface area contributed by atoms with Gasteiger partial charge >= 0.3 is 12.3 Å². The number of amides is 1. The quantitative estimate of drug-likeness (QED) is 0.440. The van der Waals surface area contributed by atoms with Crippen LogP contribution in [0.2, 0.25) is 0 Å². The van der Waals surface area contributed by atoms with Gasteiger partial charge in [-0.05, 0) is 57.0 Å². The lowest BCUT2D eigenvalue weighted by Crippen LogP contribution is -2.61. The number of aliphatic hydroxyl groups excluding tert-OH is 1. The summed E-state index contributed by atoms with van der Waals surface area (Å²) in [5.41, 5.74) is 1.68. The Morgan fingerprint density at radius 1 is 1.22 bits per heavy atom. The van der Waals surface area contributed by atoms with Crippen molar-refractivity contribution in [1.82, 2.24) is 9.88 Å². The predicted molar refractivity (Wildman–Crippen MR) is 135 cm³/mol. The first-order chi connectivity index (χ1) is 16.8. The van der Waals surface area contributed by atoms with E-state index in [9.17, 15) is 23.1 Å². The van der Waals surface area contributed by atoms with E-state index >= 15 is 0 Å². The Hall–Kier alpha value is -2.85. The molecule has 194 valence electrons. The van der Waals surface area contributed by atoms with Gasteiger partial charge < -0.3 is 19.6 Å². The fourth-order valence-corrected chi connectivity index (χ4v) is 5.39. The summed E-state index contributed by atoms with van der Waals surface area (Å²) in [5, 5.41) is 9.61. The van der Waals surface area contributed by atoms with Crippen molar-refractivity contribution in [2.75, 3.05) is 25.0 Å². The Labute approximate surface area is 212 Å². The number of alkyl halides is 3. The number of nitrogens with zero attached hydrogens (tertiary/aromatic N) is 3. The molecule has 3 aromatic rings. The highest BCUT2D eigenvalue weighted by Crippen LogP contribution is 2.44. The van der Waals surface area contributed by atoms with E-state index in [-0.39, 0.29) is 12.6 Å². The zero-order valence-electron chi connectivity index (χ0n) is 20.9. The number of halogens is 3. The van der Waals surface area contributed by atoms with Crippen molar-refractivity contribution in [1.29, 1.82) is 0 Å². The van der Waals surface area contributed by atoms with Crippen LogP contribution in [0, 0.1) is 0 Å². The predicted octanol–water partition coefficient (Wildman–Crippen LogP) is 6.09. The zero-order chi connectivity index (χ0) is 26.4. The molecule has 1 fully saturated rings. The summed E-state index contributed by atoms with van der Waals surface area (Å²) >= 11 is 1.32. The van der Waals surface area contributed by atoms with Crippen molar-refractivity contribution in [2.45, 2.75) is 58.5 Å². The fraction of sp³-hybridized carbons (Fsp3) is 0.462. The van der Waals surface area contributed by atoms with Gasteiger partial charge in [-0.1, -0.05) is 6.92 Å². The minimum atomic E-state index is -4.50. The van der Waals surface area contributed by atoms with Crippen LogP contribution in [-0.4, -0.2) is 52.9 Å². The van der Waals surface area contributed by atoms with E-state index in [2.05, 4.69) is 4.98 Å². The van der Waals surface area contributed by atoms with Gasteiger partial charge in [0.1, 0.15) is 5.60 Å². The second kappa shape index (κ2) is 9.55. The molecule has 0 radical (unpaired) electrons. The largest absolute Gasteiger partial charge is 0.444 e. The molecular formula is C26H30F3N3O3S. The van der Waals surface area contributed by atoms with Crippen molar-refractivity contribution in [3.05, 3.63) is 46.5 Å². The van der Waals surface area contributed by atoms with Crippen LogP contribution < -0.4 is 4.90 Å². The number of anilines is 1. The van der Waals surface area contributed by atoms with E-state index in [1.54, 1.807) is 44.0 Å². The molecule has 1 aliphatic heterocycles. The molecule has 1 aromatic carbocycles. The van der Waals surface area contributed by atoms with Gasteiger partial charge in [0.15, 0.2) is 0 Å². The number of rotatable bonds is 5. The number of hydrogen-bond donors (Lipinski definition) is 1. The summed E-state index contributed by atoms with van der Waals surface area (Å²) in [4.78, 5) is 21.0. The molecule has 10 heteroatoms. The van der Waals surface area contributed by atoms with Crippen LogP contribution in [0.3, 0.4) is 0 Å². The average molecular weight is 522 g/mol.